The van der Waals surface area contributed by atoms with Crippen LogP contribution in [0.3, 0.4) is 0 Å². The second-order valence-corrected chi connectivity index (χ2v) is 10.4. The summed E-state index contributed by atoms with van der Waals surface area (Å²) in [4.78, 5) is 30.1. The van der Waals surface area contributed by atoms with Crippen molar-refractivity contribution in [2.24, 2.45) is 5.92 Å². The van der Waals surface area contributed by atoms with Crippen molar-refractivity contribution in [2.75, 3.05) is 33.2 Å². The first kappa shape index (κ1) is 26.2. The zero-order chi connectivity index (χ0) is 25.7. The molecular formula is C26H38FN7O2. The number of amides is 2. The highest BCUT2D eigenvalue weighted by Gasteiger charge is 2.32. The van der Waals surface area contributed by atoms with Crippen LogP contribution < -0.4 is 10.6 Å². The van der Waals surface area contributed by atoms with Crippen LogP contribution in [0.25, 0.3) is 0 Å². The maximum atomic E-state index is 13.3. The fraction of sp³-hybridized carbons (Fsp3) is 0.615. The van der Waals surface area contributed by atoms with E-state index in [1.54, 1.807) is 0 Å². The number of hydrogen-bond donors (Lipinski definition) is 2. The molecule has 1 atom stereocenters. The highest BCUT2D eigenvalue weighted by atomic mass is 19.1. The van der Waals surface area contributed by atoms with Crippen molar-refractivity contribution in [1.29, 1.82) is 0 Å². The lowest BCUT2D eigenvalue weighted by atomic mass is 9.99. The topological polar surface area (TPSA) is 95.4 Å². The van der Waals surface area contributed by atoms with E-state index in [0.717, 1.165) is 51.0 Å². The standard InChI is InChI=1S/C26H38FN7O2/c1-18(2)24(29-25(35)19-4-6-20(27)7-5-19)26(36)33-14-10-23(11-15-33)34-17-22(30-31-34)16-28-21-8-12-32(3)13-9-21/h4-7,17-18,21,23-24,28H,8-16H2,1-3H3,(H,29,35). The molecule has 0 aliphatic carbocycles. The quantitative estimate of drug-likeness (QED) is 0.578. The molecule has 10 heteroatoms. The van der Waals surface area contributed by atoms with E-state index in [1.807, 2.05) is 29.6 Å². The number of nitrogens with zero attached hydrogens (tertiary/aromatic N) is 5. The molecule has 4 rings (SSSR count). The van der Waals surface area contributed by atoms with Crippen molar-refractivity contribution in [3.8, 4) is 0 Å². The Morgan fingerprint density at radius 2 is 1.72 bits per heavy atom. The van der Waals surface area contributed by atoms with Gasteiger partial charge in [0.05, 0.1) is 17.9 Å². The van der Waals surface area contributed by atoms with Crippen molar-refractivity contribution in [3.05, 3.63) is 47.5 Å². The number of likely N-dealkylation sites (tertiary alicyclic amines) is 2. The minimum absolute atomic E-state index is 0.0745. The Morgan fingerprint density at radius 1 is 1.06 bits per heavy atom. The van der Waals surface area contributed by atoms with Gasteiger partial charge in [-0.3, -0.25) is 9.59 Å². The number of halogens is 1. The molecule has 1 unspecified atom stereocenters. The van der Waals surface area contributed by atoms with Gasteiger partial charge < -0.3 is 20.4 Å². The average molecular weight is 500 g/mol. The maximum Gasteiger partial charge on any atom is 0.251 e. The molecule has 2 saturated heterocycles. The number of piperidine rings is 2. The summed E-state index contributed by atoms with van der Waals surface area (Å²) in [5, 5.41) is 15.2. The largest absolute Gasteiger partial charge is 0.341 e. The zero-order valence-electron chi connectivity index (χ0n) is 21.5. The predicted molar refractivity (Wildman–Crippen MR) is 135 cm³/mol. The van der Waals surface area contributed by atoms with Gasteiger partial charge in [-0.1, -0.05) is 19.1 Å². The van der Waals surface area contributed by atoms with E-state index < -0.39 is 11.9 Å². The van der Waals surface area contributed by atoms with Gasteiger partial charge in [-0.05, 0) is 76.0 Å². The monoisotopic (exact) mass is 499 g/mol. The fourth-order valence-corrected chi connectivity index (χ4v) is 4.92. The van der Waals surface area contributed by atoms with Crippen LogP contribution in [0, 0.1) is 11.7 Å². The van der Waals surface area contributed by atoms with Crippen molar-refractivity contribution >= 4 is 11.8 Å². The SMILES string of the molecule is CC(C)C(NC(=O)c1ccc(F)cc1)C(=O)N1CCC(n2cc(CNC3CCN(C)CC3)nn2)CC1. The molecule has 3 heterocycles. The van der Waals surface area contributed by atoms with Gasteiger partial charge in [0.15, 0.2) is 0 Å². The summed E-state index contributed by atoms with van der Waals surface area (Å²) in [7, 11) is 2.16. The molecule has 0 radical (unpaired) electrons. The van der Waals surface area contributed by atoms with Gasteiger partial charge in [-0.15, -0.1) is 5.10 Å². The lowest BCUT2D eigenvalue weighted by Gasteiger charge is -2.35. The van der Waals surface area contributed by atoms with E-state index in [0.29, 0.717) is 24.7 Å². The zero-order valence-corrected chi connectivity index (χ0v) is 21.5. The normalized spacial score (nSPS) is 19.0. The van der Waals surface area contributed by atoms with Crippen LogP contribution in [0.5, 0.6) is 0 Å². The Labute approximate surface area is 212 Å². The summed E-state index contributed by atoms with van der Waals surface area (Å²) in [6.07, 6.45) is 5.89. The maximum absolute atomic E-state index is 13.3. The van der Waals surface area contributed by atoms with Crippen LogP contribution in [0.15, 0.2) is 30.5 Å². The molecule has 9 nitrogen and oxygen atoms in total. The summed E-state index contributed by atoms with van der Waals surface area (Å²) in [5.74, 6) is -0.935. The van der Waals surface area contributed by atoms with Crippen LogP contribution in [0.4, 0.5) is 4.39 Å². The fourth-order valence-electron chi connectivity index (χ4n) is 4.92. The summed E-state index contributed by atoms with van der Waals surface area (Å²) in [6, 6.07) is 5.42. The molecule has 2 aliphatic heterocycles. The van der Waals surface area contributed by atoms with Gasteiger partial charge >= 0.3 is 0 Å². The van der Waals surface area contributed by atoms with Gasteiger partial charge in [0.1, 0.15) is 11.9 Å². The number of carbonyl (C=O) groups is 2. The third-order valence-corrected chi connectivity index (χ3v) is 7.32. The lowest BCUT2D eigenvalue weighted by Crippen LogP contribution is -2.53. The molecule has 0 spiro atoms. The van der Waals surface area contributed by atoms with Gasteiger partial charge in [0.2, 0.25) is 5.91 Å². The lowest BCUT2D eigenvalue weighted by molar-refractivity contribution is -0.135. The summed E-state index contributed by atoms with van der Waals surface area (Å²) in [5.41, 5.74) is 1.27. The van der Waals surface area contributed by atoms with E-state index in [2.05, 4.69) is 32.9 Å². The first-order valence-electron chi connectivity index (χ1n) is 13.0. The number of rotatable bonds is 8. The van der Waals surface area contributed by atoms with Crippen LogP contribution in [0.1, 0.15) is 61.6 Å². The van der Waals surface area contributed by atoms with E-state index in [1.165, 1.54) is 24.3 Å². The summed E-state index contributed by atoms with van der Waals surface area (Å²) >= 11 is 0. The molecule has 1 aromatic carbocycles. The third kappa shape index (κ3) is 6.67. The van der Waals surface area contributed by atoms with E-state index in [4.69, 9.17) is 0 Å². The highest BCUT2D eigenvalue weighted by molar-refractivity contribution is 5.97. The Hall–Kier alpha value is -2.85. The van der Waals surface area contributed by atoms with Crippen LogP contribution in [-0.4, -0.2) is 81.9 Å². The molecule has 2 aliphatic rings. The minimum atomic E-state index is -0.636. The smallest absolute Gasteiger partial charge is 0.251 e. The second-order valence-electron chi connectivity index (χ2n) is 10.4. The van der Waals surface area contributed by atoms with Crippen molar-refractivity contribution < 1.29 is 14.0 Å². The molecular weight excluding hydrogens is 461 g/mol. The predicted octanol–water partition coefficient (Wildman–Crippen LogP) is 2.22. The second kappa shape index (κ2) is 11.9. The van der Waals surface area contributed by atoms with E-state index >= 15 is 0 Å². The third-order valence-electron chi connectivity index (χ3n) is 7.32. The van der Waals surface area contributed by atoms with Crippen LogP contribution in [-0.2, 0) is 11.3 Å². The Bertz CT molecular complexity index is 1010. The molecule has 0 saturated carbocycles. The van der Waals surface area contributed by atoms with Crippen molar-refractivity contribution in [3.63, 3.8) is 0 Å². The molecule has 36 heavy (non-hydrogen) atoms. The molecule has 1 aromatic heterocycles. The van der Waals surface area contributed by atoms with Crippen LogP contribution in [0.2, 0.25) is 0 Å². The number of aromatic nitrogens is 3. The Balaban J connectivity index is 1.27. The molecule has 2 fully saturated rings. The molecule has 196 valence electrons. The van der Waals surface area contributed by atoms with E-state index in [9.17, 15) is 14.0 Å². The summed E-state index contributed by atoms with van der Waals surface area (Å²) < 4.78 is 15.1. The van der Waals surface area contributed by atoms with Gasteiger partial charge in [-0.2, -0.15) is 0 Å². The Kier molecular flexibility index (Phi) is 8.68. The highest BCUT2D eigenvalue weighted by Crippen LogP contribution is 2.23. The van der Waals surface area contributed by atoms with Gasteiger partial charge in [0, 0.05) is 31.2 Å². The van der Waals surface area contributed by atoms with Crippen molar-refractivity contribution in [1.82, 2.24) is 35.4 Å². The number of nitrogens with one attached hydrogen (secondary N) is 2. The van der Waals surface area contributed by atoms with Crippen molar-refractivity contribution in [2.45, 2.75) is 64.2 Å². The number of carbonyl (C=O) groups excluding carboxylic acids is 2. The average Bonchev–Trinajstić information content (AvgIpc) is 3.36. The van der Waals surface area contributed by atoms with E-state index in [-0.39, 0.29) is 23.8 Å². The molecule has 2 N–H and O–H groups in total. The molecule has 2 aromatic rings. The van der Waals surface area contributed by atoms with Gasteiger partial charge in [0.25, 0.3) is 5.91 Å². The molecule has 2 amide bonds. The Morgan fingerprint density at radius 3 is 2.36 bits per heavy atom. The van der Waals surface area contributed by atoms with Gasteiger partial charge in [-0.25, -0.2) is 9.07 Å². The number of benzene rings is 1. The number of hydrogen-bond acceptors (Lipinski definition) is 6. The van der Waals surface area contributed by atoms with Crippen LogP contribution >= 0.6 is 0 Å². The summed E-state index contributed by atoms with van der Waals surface area (Å²) in [6.45, 7) is 7.98. The first-order valence-corrected chi connectivity index (χ1v) is 13.0. The molecule has 0 bridgehead atoms. The first-order chi connectivity index (χ1) is 17.3. The minimum Gasteiger partial charge on any atom is -0.341 e.